The maximum atomic E-state index is 13.0. The van der Waals surface area contributed by atoms with Gasteiger partial charge in [-0.2, -0.15) is 0 Å². The van der Waals surface area contributed by atoms with Gasteiger partial charge < -0.3 is 14.4 Å². The van der Waals surface area contributed by atoms with E-state index in [0.29, 0.717) is 31.8 Å². The zero-order valence-corrected chi connectivity index (χ0v) is 34.9. The molecule has 0 amide bonds. The van der Waals surface area contributed by atoms with Crippen LogP contribution in [0.25, 0.3) is 0 Å². The number of allylic oxidation sites excluding steroid dienone is 4. The molecular formula is C46H87NO4. The van der Waals surface area contributed by atoms with E-state index in [-0.39, 0.29) is 18.0 Å². The van der Waals surface area contributed by atoms with E-state index in [2.05, 4.69) is 50.0 Å². The monoisotopic (exact) mass is 718 g/mol. The Kier molecular flexibility index (Phi) is 38.3. The summed E-state index contributed by atoms with van der Waals surface area (Å²) >= 11 is 0. The Balaban J connectivity index is 4.58. The fourth-order valence-corrected chi connectivity index (χ4v) is 6.78. The number of esters is 2. The van der Waals surface area contributed by atoms with Crippen LogP contribution in [0.2, 0.25) is 0 Å². The molecule has 1 unspecified atom stereocenters. The number of hydrogen-bond donors (Lipinski definition) is 0. The lowest BCUT2D eigenvalue weighted by Gasteiger charge is -2.20. The topological polar surface area (TPSA) is 55.8 Å². The number of rotatable bonds is 39. The van der Waals surface area contributed by atoms with Gasteiger partial charge in [-0.05, 0) is 90.8 Å². The van der Waals surface area contributed by atoms with Crippen molar-refractivity contribution >= 4 is 11.9 Å². The molecule has 0 aromatic heterocycles. The first-order chi connectivity index (χ1) is 24.9. The molecule has 0 spiro atoms. The van der Waals surface area contributed by atoms with Crippen molar-refractivity contribution in [3.8, 4) is 0 Å². The minimum Gasteiger partial charge on any atom is -0.466 e. The first-order valence-corrected chi connectivity index (χ1v) is 22.2. The normalized spacial score (nSPS) is 12.5. The average molecular weight is 718 g/mol. The molecule has 0 N–H and O–H groups in total. The second kappa shape index (κ2) is 39.6. The third kappa shape index (κ3) is 37.9. The smallest absolute Gasteiger partial charge is 0.306 e. The van der Waals surface area contributed by atoms with Gasteiger partial charge in [-0.25, -0.2) is 0 Å². The minimum absolute atomic E-state index is 0.0678. The molecule has 5 heteroatoms. The lowest BCUT2D eigenvalue weighted by molar-refractivity contribution is -0.152. The maximum Gasteiger partial charge on any atom is 0.306 e. The highest BCUT2D eigenvalue weighted by Gasteiger charge is 2.18. The summed E-state index contributed by atoms with van der Waals surface area (Å²) in [6, 6.07) is 0. The van der Waals surface area contributed by atoms with Crippen LogP contribution in [0.15, 0.2) is 24.3 Å². The van der Waals surface area contributed by atoms with Gasteiger partial charge in [-0.3, -0.25) is 9.59 Å². The van der Waals surface area contributed by atoms with Gasteiger partial charge in [-0.1, -0.05) is 161 Å². The van der Waals surface area contributed by atoms with Crippen LogP contribution in [-0.2, 0) is 19.1 Å². The Morgan fingerprint density at radius 1 is 0.529 bits per heavy atom. The first kappa shape index (κ1) is 49.4. The van der Waals surface area contributed by atoms with Crippen molar-refractivity contribution in [1.82, 2.24) is 4.90 Å². The number of unbranched alkanes of at least 4 members (excludes halogenated alkanes) is 19. The van der Waals surface area contributed by atoms with Crippen LogP contribution in [0.5, 0.6) is 0 Å². The molecule has 0 heterocycles. The van der Waals surface area contributed by atoms with E-state index in [9.17, 15) is 9.59 Å². The van der Waals surface area contributed by atoms with E-state index in [1.54, 1.807) is 0 Å². The van der Waals surface area contributed by atoms with E-state index in [4.69, 9.17) is 9.47 Å². The zero-order valence-electron chi connectivity index (χ0n) is 34.9. The lowest BCUT2D eigenvalue weighted by atomic mass is 9.91. The molecule has 0 fully saturated rings. The van der Waals surface area contributed by atoms with Crippen LogP contribution in [0.1, 0.15) is 220 Å². The summed E-state index contributed by atoms with van der Waals surface area (Å²) in [6.07, 6.45) is 44.7. The van der Waals surface area contributed by atoms with Gasteiger partial charge in [0.1, 0.15) is 6.10 Å². The predicted octanol–water partition coefficient (Wildman–Crippen LogP) is 13.9. The Hall–Kier alpha value is -1.62. The molecule has 0 aromatic carbocycles. The fraction of sp³-hybridized carbons (Fsp3) is 0.870. The zero-order chi connectivity index (χ0) is 37.5. The highest BCUT2D eigenvalue weighted by atomic mass is 16.6. The van der Waals surface area contributed by atoms with Crippen LogP contribution in [0, 0.1) is 5.92 Å². The van der Waals surface area contributed by atoms with Gasteiger partial charge in [0, 0.05) is 19.3 Å². The molecule has 300 valence electrons. The second-order valence-corrected chi connectivity index (χ2v) is 15.6. The molecule has 0 saturated heterocycles. The summed E-state index contributed by atoms with van der Waals surface area (Å²) in [6.45, 7) is 8.00. The molecular weight excluding hydrogens is 631 g/mol. The van der Waals surface area contributed by atoms with Crippen molar-refractivity contribution in [2.24, 2.45) is 5.92 Å². The number of carbonyl (C=O) groups is 2. The van der Waals surface area contributed by atoms with Gasteiger partial charge in [0.05, 0.1) is 6.61 Å². The van der Waals surface area contributed by atoms with Gasteiger partial charge >= 0.3 is 11.9 Å². The molecule has 0 rings (SSSR count). The second-order valence-electron chi connectivity index (χ2n) is 15.6. The molecule has 0 aromatic rings. The van der Waals surface area contributed by atoms with Crippen LogP contribution in [0.3, 0.4) is 0 Å². The molecule has 0 aliphatic heterocycles. The molecule has 0 saturated carbocycles. The average Bonchev–Trinajstić information content (AvgIpc) is 3.10. The van der Waals surface area contributed by atoms with Crippen molar-refractivity contribution in [2.75, 3.05) is 27.2 Å². The van der Waals surface area contributed by atoms with Crippen LogP contribution in [-0.4, -0.2) is 50.2 Å². The Morgan fingerprint density at radius 2 is 1.00 bits per heavy atom. The summed E-state index contributed by atoms with van der Waals surface area (Å²) in [4.78, 5) is 27.7. The molecule has 1 atom stereocenters. The quantitative estimate of drug-likeness (QED) is 0.0360. The summed E-state index contributed by atoms with van der Waals surface area (Å²) in [5.74, 6) is 0.242. The van der Waals surface area contributed by atoms with Gasteiger partial charge in [0.15, 0.2) is 0 Å². The van der Waals surface area contributed by atoms with E-state index in [1.165, 1.54) is 135 Å². The SMILES string of the molecule is CCCCCC=CCC=CCCCCCCCCC(CCOC(=O)CC(CCCCCCCC)CCCCCCCC)OC(=O)CCCN(C)C. The van der Waals surface area contributed by atoms with Crippen molar-refractivity contribution in [1.29, 1.82) is 0 Å². The molecule has 51 heavy (non-hydrogen) atoms. The van der Waals surface area contributed by atoms with Crippen LogP contribution >= 0.6 is 0 Å². The maximum absolute atomic E-state index is 13.0. The minimum atomic E-state index is -0.169. The van der Waals surface area contributed by atoms with Crippen molar-refractivity contribution in [3.63, 3.8) is 0 Å². The summed E-state index contributed by atoms with van der Waals surface area (Å²) < 4.78 is 11.7. The molecule has 0 aliphatic carbocycles. The van der Waals surface area contributed by atoms with Crippen molar-refractivity contribution in [2.45, 2.75) is 226 Å². The molecule has 0 aliphatic rings. The highest BCUT2D eigenvalue weighted by Crippen LogP contribution is 2.23. The van der Waals surface area contributed by atoms with Gasteiger partial charge in [0.2, 0.25) is 0 Å². The summed E-state index contributed by atoms with van der Waals surface area (Å²) in [5.41, 5.74) is 0. The van der Waals surface area contributed by atoms with Crippen LogP contribution < -0.4 is 0 Å². The van der Waals surface area contributed by atoms with Crippen molar-refractivity contribution < 1.29 is 19.1 Å². The van der Waals surface area contributed by atoms with E-state index in [0.717, 1.165) is 51.5 Å². The predicted molar refractivity (Wildman–Crippen MR) is 221 cm³/mol. The first-order valence-electron chi connectivity index (χ1n) is 22.2. The largest absolute Gasteiger partial charge is 0.466 e. The summed E-state index contributed by atoms with van der Waals surface area (Å²) in [7, 11) is 4.06. The number of carbonyl (C=O) groups excluding carboxylic acids is 2. The number of ether oxygens (including phenoxy) is 2. The number of hydrogen-bond acceptors (Lipinski definition) is 5. The molecule has 5 nitrogen and oxygen atoms in total. The Bertz CT molecular complexity index is 791. The van der Waals surface area contributed by atoms with Gasteiger partial charge in [-0.15, -0.1) is 0 Å². The van der Waals surface area contributed by atoms with E-state index in [1.807, 2.05) is 14.1 Å². The Labute approximate surface area is 318 Å². The molecule has 0 bridgehead atoms. The molecule has 0 radical (unpaired) electrons. The van der Waals surface area contributed by atoms with Gasteiger partial charge in [0.25, 0.3) is 0 Å². The third-order valence-electron chi connectivity index (χ3n) is 10.1. The third-order valence-corrected chi connectivity index (χ3v) is 10.1. The fourth-order valence-electron chi connectivity index (χ4n) is 6.78. The van der Waals surface area contributed by atoms with Crippen LogP contribution in [0.4, 0.5) is 0 Å². The van der Waals surface area contributed by atoms with E-state index >= 15 is 0 Å². The number of nitrogens with zero attached hydrogens (tertiary/aromatic N) is 1. The standard InChI is InChI=1S/C46H87NO4/c1-6-9-12-15-18-19-20-21-22-23-24-25-26-27-30-33-37-44(51-45(48)38-34-40-47(4)5)39-41-50-46(49)42-43(35-31-28-16-13-10-7-2)36-32-29-17-14-11-8-3/h18-19,21-22,43-44H,6-17,20,23-42H2,1-5H3. The Morgan fingerprint density at radius 3 is 1.55 bits per heavy atom. The van der Waals surface area contributed by atoms with E-state index < -0.39 is 0 Å². The summed E-state index contributed by atoms with van der Waals surface area (Å²) in [5, 5.41) is 0. The van der Waals surface area contributed by atoms with Crippen molar-refractivity contribution in [3.05, 3.63) is 24.3 Å². The lowest BCUT2D eigenvalue weighted by Crippen LogP contribution is -2.22. The highest BCUT2D eigenvalue weighted by molar-refractivity contribution is 5.70.